The maximum Gasteiger partial charge on any atom is 0.126 e. The van der Waals surface area contributed by atoms with Crippen LogP contribution in [0.1, 0.15) is 63.5 Å². The first kappa shape index (κ1) is 28.7. The number of piperidine rings is 1. The first-order chi connectivity index (χ1) is 17.4. The van der Waals surface area contributed by atoms with Gasteiger partial charge in [-0.3, -0.25) is 9.80 Å². The predicted molar refractivity (Wildman–Crippen MR) is 155 cm³/mol. The quantitative estimate of drug-likeness (QED) is 0.336. The average molecular weight is 514 g/mol. The summed E-state index contributed by atoms with van der Waals surface area (Å²) in [4.78, 5) is 9.12. The molecule has 1 saturated heterocycles. The van der Waals surface area contributed by atoms with Gasteiger partial charge in [0.05, 0.1) is 19.8 Å². The highest BCUT2D eigenvalue weighted by Crippen LogP contribution is 2.45. The second-order valence-corrected chi connectivity index (χ2v) is 11.1. The highest BCUT2D eigenvalue weighted by atomic mass is 32.2. The van der Waals surface area contributed by atoms with Crippen LogP contribution in [-0.4, -0.2) is 74.7 Å². The van der Waals surface area contributed by atoms with E-state index in [9.17, 15) is 0 Å². The molecule has 0 amide bonds. The van der Waals surface area contributed by atoms with Crippen molar-refractivity contribution in [1.82, 2.24) is 14.7 Å². The Morgan fingerprint density at radius 1 is 1.19 bits per heavy atom. The fourth-order valence-corrected chi connectivity index (χ4v) is 6.73. The second kappa shape index (κ2) is 13.1. The molecule has 0 bridgehead atoms. The van der Waals surface area contributed by atoms with Crippen molar-refractivity contribution < 1.29 is 9.47 Å². The predicted octanol–water partition coefficient (Wildman–Crippen LogP) is 6.48. The van der Waals surface area contributed by atoms with E-state index in [2.05, 4.69) is 74.4 Å². The van der Waals surface area contributed by atoms with E-state index in [1.165, 1.54) is 21.7 Å². The highest BCUT2D eigenvalue weighted by molar-refractivity contribution is 8.05. The smallest absolute Gasteiger partial charge is 0.126 e. The molecular weight excluding hydrogens is 466 g/mol. The zero-order valence-corrected chi connectivity index (χ0v) is 24.4. The van der Waals surface area contributed by atoms with Crippen LogP contribution < -0.4 is 9.47 Å². The number of likely N-dealkylation sites (tertiary alicyclic amines) is 1. The fraction of sp³-hybridized carbons (Fsp3) is 0.600. The summed E-state index contributed by atoms with van der Waals surface area (Å²) in [5.74, 6) is 2.10. The van der Waals surface area contributed by atoms with Crippen LogP contribution in [0, 0.1) is 0 Å². The third-order valence-corrected chi connectivity index (χ3v) is 8.82. The summed E-state index contributed by atoms with van der Waals surface area (Å²) >= 11 is 1.77. The monoisotopic (exact) mass is 513 g/mol. The van der Waals surface area contributed by atoms with Crippen molar-refractivity contribution in [3.63, 3.8) is 0 Å². The molecule has 1 aromatic rings. The Hall–Kier alpha value is -1.89. The van der Waals surface area contributed by atoms with E-state index in [1.54, 1.807) is 26.0 Å². The molecule has 36 heavy (non-hydrogen) atoms. The Bertz CT molecular complexity index is 950. The van der Waals surface area contributed by atoms with Crippen LogP contribution in [0.3, 0.4) is 0 Å². The van der Waals surface area contributed by atoms with Crippen molar-refractivity contribution in [2.24, 2.45) is 0 Å². The van der Waals surface area contributed by atoms with Crippen LogP contribution in [0.2, 0.25) is 0 Å². The minimum absolute atomic E-state index is 0.0208. The van der Waals surface area contributed by atoms with E-state index in [0.29, 0.717) is 5.92 Å². The zero-order valence-electron chi connectivity index (χ0n) is 23.6. The number of nitrogens with zero attached hydrogens (tertiary/aromatic N) is 3. The number of benzene rings is 1. The molecule has 0 saturated carbocycles. The third kappa shape index (κ3) is 5.98. The maximum absolute atomic E-state index is 5.88. The first-order valence-electron chi connectivity index (χ1n) is 13.5. The van der Waals surface area contributed by atoms with E-state index in [4.69, 9.17) is 9.47 Å². The van der Waals surface area contributed by atoms with Crippen molar-refractivity contribution in [2.45, 2.75) is 64.5 Å². The molecule has 2 heterocycles. The lowest BCUT2D eigenvalue weighted by Gasteiger charge is -2.51. The van der Waals surface area contributed by atoms with Gasteiger partial charge in [-0.2, -0.15) is 0 Å². The Labute approximate surface area is 224 Å². The number of methoxy groups -OCH3 is 2. The van der Waals surface area contributed by atoms with E-state index >= 15 is 0 Å². The molecule has 200 valence electrons. The summed E-state index contributed by atoms with van der Waals surface area (Å²) in [5, 5.41) is 1.96. The summed E-state index contributed by atoms with van der Waals surface area (Å²) in [6, 6.07) is 4.24. The summed E-state index contributed by atoms with van der Waals surface area (Å²) in [7, 11) is 8.08. The Morgan fingerprint density at radius 2 is 1.92 bits per heavy atom. The summed E-state index contributed by atoms with van der Waals surface area (Å²) in [5.41, 5.74) is 4.09. The Balaban J connectivity index is 1.96. The molecule has 1 aromatic carbocycles. The largest absolute Gasteiger partial charge is 0.497 e. The van der Waals surface area contributed by atoms with Crippen LogP contribution in [0.25, 0.3) is 0 Å². The molecule has 2 aliphatic rings. The van der Waals surface area contributed by atoms with Gasteiger partial charge in [0, 0.05) is 56.5 Å². The highest BCUT2D eigenvalue weighted by Gasteiger charge is 2.43. The number of hydrogen-bond donors (Lipinski definition) is 0. The van der Waals surface area contributed by atoms with Crippen LogP contribution in [-0.2, 0) is 6.54 Å². The molecule has 6 heteroatoms. The van der Waals surface area contributed by atoms with Gasteiger partial charge < -0.3 is 14.4 Å². The van der Waals surface area contributed by atoms with Gasteiger partial charge in [0.25, 0.3) is 0 Å². The molecule has 1 fully saturated rings. The molecule has 0 N–H and O–H groups in total. The van der Waals surface area contributed by atoms with Gasteiger partial charge in [-0.25, -0.2) is 0 Å². The SMILES string of the molecule is C=CS/C(=C\CC)CN1CCC(C2=CC(CC)c3c(cc(OC)cc3OC)CN2C)(N(C)CC)CC1. The minimum atomic E-state index is 0.0208. The zero-order chi connectivity index (χ0) is 26.3. The number of fused-ring (bicyclic) bond motifs is 1. The van der Waals surface area contributed by atoms with Crippen LogP contribution in [0.5, 0.6) is 11.5 Å². The molecule has 0 spiro atoms. The number of hydrogen-bond acceptors (Lipinski definition) is 6. The van der Waals surface area contributed by atoms with Gasteiger partial charge >= 0.3 is 0 Å². The molecule has 0 aliphatic carbocycles. The van der Waals surface area contributed by atoms with Crippen LogP contribution in [0.4, 0.5) is 0 Å². The number of thioether (sulfide) groups is 1. The van der Waals surface area contributed by atoms with Crippen molar-refractivity contribution in [3.05, 3.63) is 58.0 Å². The van der Waals surface area contributed by atoms with Gasteiger partial charge in [-0.1, -0.05) is 39.5 Å². The molecule has 1 unspecified atom stereocenters. The van der Waals surface area contributed by atoms with E-state index < -0.39 is 0 Å². The Kier molecular flexibility index (Phi) is 10.4. The van der Waals surface area contributed by atoms with Gasteiger partial charge in [0.2, 0.25) is 0 Å². The van der Waals surface area contributed by atoms with Crippen molar-refractivity contribution in [2.75, 3.05) is 54.5 Å². The first-order valence-corrected chi connectivity index (χ1v) is 14.3. The Morgan fingerprint density at radius 3 is 2.47 bits per heavy atom. The second-order valence-electron chi connectivity index (χ2n) is 10.0. The van der Waals surface area contributed by atoms with E-state index in [1.807, 2.05) is 11.5 Å². The summed E-state index contributed by atoms with van der Waals surface area (Å²) in [6.07, 6.45) is 9.25. The van der Waals surface area contributed by atoms with Gasteiger partial charge in [0.1, 0.15) is 11.5 Å². The topological polar surface area (TPSA) is 28.2 Å². The standard InChI is InChI=1S/C30H47N3O2S/c1-9-13-26(36-12-4)22-33-16-14-30(15-17-33,32(6)11-3)28-19-23(10-2)29-24(21-31(28)5)18-25(34-7)20-27(29)35-8/h12-13,18-20,23H,4,9-11,14-17,21-22H2,1-3,5-8H3/b26-13-. The maximum atomic E-state index is 5.88. The van der Waals surface area contributed by atoms with E-state index in [0.717, 1.165) is 69.9 Å². The number of allylic oxidation sites excluding steroid dienone is 2. The minimum Gasteiger partial charge on any atom is -0.497 e. The van der Waals surface area contributed by atoms with Crippen molar-refractivity contribution in [3.8, 4) is 11.5 Å². The lowest BCUT2D eigenvalue weighted by molar-refractivity contribution is 0.0524. The van der Waals surface area contributed by atoms with Crippen LogP contribution in [0.15, 0.2) is 46.9 Å². The summed E-state index contributed by atoms with van der Waals surface area (Å²) < 4.78 is 11.5. The fourth-order valence-electron chi connectivity index (χ4n) is 5.99. The molecule has 2 aliphatic heterocycles. The van der Waals surface area contributed by atoms with Gasteiger partial charge in [-0.05, 0) is 61.2 Å². The van der Waals surface area contributed by atoms with Gasteiger partial charge in [-0.15, -0.1) is 11.8 Å². The molecule has 1 atom stereocenters. The van der Waals surface area contributed by atoms with Gasteiger partial charge in [0.15, 0.2) is 0 Å². The summed E-state index contributed by atoms with van der Waals surface area (Å²) in [6.45, 7) is 15.8. The van der Waals surface area contributed by atoms with Crippen molar-refractivity contribution >= 4 is 11.8 Å². The molecular formula is C30H47N3O2S. The number of rotatable bonds is 11. The number of likely N-dealkylation sites (N-methyl/N-ethyl adjacent to an activating group) is 2. The lowest BCUT2D eigenvalue weighted by atomic mass is 9.80. The van der Waals surface area contributed by atoms with Crippen molar-refractivity contribution in [1.29, 1.82) is 0 Å². The normalized spacial score (nSPS) is 20.6. The van der Waals surface area contributed by atoms with E-state index in [-0.39, 0.29) is 5.54 Å². The lowest BCUT2D eigenvalue weighted by Crippen LogP contribution is -2.57. The third-order valence-electron chi connectivity index (χ3n) is 8.06. The number of ether oxygens (including phenoxy) is 2. The molecule has 0 aromatic heterocycles. The van der Waals surface area contributed by atoms with Crippen LogP contribution >= 0.6 is 11.8 Å². The molecule has 5 nitrogen and oxygen atoms in total. The molecule has 3 rings (SSSR count). The molecule has 0 radical (unpaired) electrons. The average Bonchev–Trinajstić information content (AvgIpc) is 3.04.